The second-order valence-electron chi connectivity index (χ2n) is 4.71. The Hall–Kier alpha value is -1.10. The first-order chi connectivity index (χ1) is 9.60. The number of aromatic nitrogens is 2. The van der Waals surface area contributed by atoms with E-state index in [0.29, 0.717) is 34.2 Å². The standard InChI is InChI=1S/C14H17Cl2N3O/c1-9(17-2)6-7-14-18-13(19-20-14)8-10-11(15)4-3-5-12(10)16/h3-5,9,17H,6-8H2,1-2H3. The Morgan fingerprint density at radius 1 is 1.30 bits per heavy atom. The van der Waals surface area contributed by atoms with E-state index in [2.05, 4.69) is 22.4 Å². The zero-order valence-electron chi connectivity index (χ0n) is 11.5. The lowest BCUT2D eigenvalue weighted by molar-refractivity contribution is 0.365. The van der Waals surface area contributed by atoms with Gasteiger partial charge in [0.1, 0.15) is 0 Å². The molecule has 1 unspecified atom stereocenters. The third-order valence-corrected chi connectivity index (χ3v) is 3.90. The lowest BCUT2D eigenvalue weighted by atomic mass is 10.1. The van der Waals surface area contributed by atoms with Gasteiger partial charge in [-0.25, -0.2) is 0 Å². The molecule has 0 amide bonds. The quantitative estimate of drug-likeness (QED) is 0.886. The van der Waals surface area contributed by atoms with E-state index in [4.69, 9.17) is 27.7 Å². The van der Waals surface area contributed by atoms with Crippen molar-refractivity contribution in [3.63, 3.8) is 0 Å². The van der Waals surface area contributed by atoms with Gasteiger partial charge in [-0.1, -0.05) is 34.4 Å². The minimum absolute atomic E-state index is 0.420. The highest BCUT2D eigenvalue weighted by atomic mass is 35.5. The summed E-state index contributed by atoms with van der Waals surface area (Å²) in [6.07, 6.45) is 2.18. The molecular formula is C14H17Cl2N3O. The van der Waals surface area contributed by atoms with Gasteiger partial charge in [0, 0.05) is 28.9 Å². The van der Waals surface area contributed by atoms with Crippen LogP contribution in [0.15, 0.2) is 22.7 Å². The first-order valence-electron chi connectivity index (χ1n) is 6.51. The number of hydrogen-bond donors (Lipinski definition) is 1. The summed E-state index contributed by atoms with van der Waals surface area (Å²) in [6, 6.07) is 5.84. The summed E-state index contributed by atoms with van der Waals surface area (Å²) in [4.78, 5) is 4.37. The Kier molecular flexibility index (Phi) is 5.40. The Morgan fingerprint density at radius 3 is 2.65 bits per heavy atom. The minimum atomic E-state index is 0.420. The summed E-state index contributed by atoms with van der Waals surface area (Å²) in [7, 11) is 1.93. The molecule has 108 valence electrons. The molecule has 1 aromatic heterocycles. The maximum atomic E-state index is 6.13. The molecular weight excluding hydrogens is 297 g/mol. The average molecular weight is 314 g/mol. The third kappa shape index (κ3) is 3.95. The number of rotatable bonds is 6. The molecule has 2 rings (SSSR count). The molecule has 0 aliphatic carbocycles. The number of halogens is 2. The van der Waals surface area contributed by atoms with Crippen molar-refractivity contribution in [1.29, 1.82) is 0 Å². The fourth-order valence-corrected chi connectivity index (χ4v) is 2.34. The molecule has 6 heteroatoms. The lowest BCUT2D eigenvalue weighted by Gasteiger charge is -2.06. The van der Waals surface area contributed by atoms with E-state index in [1.807, 2.05) is 13.1 Å². The van der Waals surface area contributed by atoms with Crippen LogP contribution in [0.25, 0.3) is 0 Å². The summed E-state index contributed by atoms with van der Waals surface area (Å²) < 4.78 is 5.24. The van der Waals surface area contributed by atoms with E-state index in [1.54, 1.807) is 12.1 Å². The zero-order valence-corrected chi connectivity index (χ0v) is 13.0. The second-order valence-corrected chi connectivity index (χ2v) is 5.52. The molecule has 0 bridgehead atoms. The predicted octanol–water partition coefficient (Wildman–Crippen LogP) is 3.51. The molecule has 0 spiro atoms. The highest BCUT2D eigenvalue weighted by Gasteiger charge is 2.12. The van der Waals surface area contributed by atoms with Crippen molar-refractivity contribution in [2.45, 2.75) is 32.2 Å². The fourth-order valence-electron chi connectivity index (χ4n) is 1.81. The zero-order chi connectivity index (χ0) is 14.5. The van der Waals surface area contributed by atoms with Crippen LogP contribution in [0.2, 0.25) is 10.0 Å². The van der Waals surface area contributed by atoms with Gasteiger partial charge in [0.05, 0.1) is 0 Å². The molecule has 0 saturated carbocycles. The SMILES string of the molecule is CNC(C)CCc1nc(Cc2c(Cl)cccc2Cl)no1. The van der Waals surface area contributed by atoms with Crippen LogP contribution in [0.3, 0.4) is 0 Å². The lowest BCUT2D eigenvalue weighted by Crippen LogP contribution is -2.21. The molecule has 1 aromatic carbocycles. The topological polar surface area (TPSA) is 51.0 Å². The van der Waals surface area contributed by atoms with E-state index in [-0.39, 0.29) is 0 Å². The van der Waals surface area contributed by atoms with Crippen molar-refractivity contribution in [1.82, 2.24) is 15.5 Å². The third-order valence-electron chi connectivity index (χ3n) is 3.19. The maximum absolute atomic E-state index is 6.13. The van der Waals surface area contributed by atoms with Crippen molar-refractivity contribution >= 4 is 23.2 Å². The molecule has 4 nitrogen and oxygen atoms in total. The number of nitrogens with one attached hydrogen (secondary N) is 1. The Bertz CT molecular complexity index is 551. The molecule has 0 saturated heterocycles. The largest absolute Gasteiger partial charge is 0.339 e. The monoisotopic (exact) mass is 313 g/mol. The van der Waals surface area contributed by atoms with Gasteiger partial charge in [-0.05, 0) is 38.1 Å². The first-order valence-corrected chi connectivity index (χ1v) is 7.27. The Labute approximate surface area is 128 Å². The normalized spacial score (nSPS) is 12.6. The van der Waals surface area contributed by atoms with Crippen LogP contribution >= 0.6 is 23.2 Å². The van der Waals surface area contributed by atoms with Crippen molar-refractivity contribution in [3.05, 3.63) is 45.5 Å². The van der Waals surface area contributed by atoms with Gasteiger partial charge < -0.3 is 9.84 Å². The molecule has 0 radical (unpaired) electrons. The maximum Gasteiger partial charge on any atom is 0.226 e. The highest BCUT2D eigenvalue weighted by molar-refractivity contribution is 6.36. The Morgan fingerprint density at radius 2 is 2.00 bits per heavy atom. The van der Waals surface area contributed by atoms with E-state index < -0.39 is 0 Å². The van der Waals surface area contributed by atoms with Crippen LogP contribution in [0.5, 0.6) is 0 Å². The number of aryl methyl sites for hydroxylation is 1. The number of nitrogens with zero attached hydrogens (tertiary/aromatic N) is 2. The van der Waals surface area contributed by atoms with Crippen LogP contribution in [0, 0.1) is 0 Å². The van der Waals surface area contributed by atoms with Gasteiger partial charge in [0.15, 0.2) is 5.82 Å². The van der Waals surface area contributed by atoms with E-state index in [9.17, 15) is 0 Å². The molecule has 0 aliphatic heterocycles. The van der Waals surface area contributed by atoms with Crippen molar-refractivity contribution in [3.8, 4) is 0 Å². The molecule has 1 N–H and O–H groups in total. The molecule has 0 fully saturated rings. The van der Waals surface area contributed by atoms with Crippen molar-refractivity contribution in [2.75, 3.05) is 7.05 Å². The summed E-state index contributed by atoms with van der Waals surface area (Å²) in [5.74, 6) is 1.25. The molecule has 20 heavy (non-hydrogen) atoms. The molecule has 1 heterocycles. The molecule has 1 atom stereocenters. The van der Waals surface area contributed by atoms with Gasteiger partial charge in [-0.2, -0.15) is 4.98 Å². The Balaban J connectivity index is 2.02. The van der Waals surface area contributed by atoms with E-state index in [0.717, 1.165) is 18.4 Å². The van der Waals surface area contributed by atoms with Crippen LogP contribution in [-0.2, 0) is 12.8 Å². The average Bonchev–Trinajstić information content (AvgIpc) is 2.88. The van der Waals surface area contributed by atoms with Crippen LogP contribution in [-0.4, -0.2) is 23.2 Å². The van der Waals surface area contributed by atoms with Crippen LogP contribution in [0.4, 0.5) is 0 Å². The van der Waals surface area contributed by atoms with Gasteiger partial charge >= 0.3 is 0 Å². The smallest absolute Gasteiger partial charge is 0.226 e. The molecule has 0 aliphatic rings. The van der Waals surface area contributed by atoms with E-state index in [1.165, 1.54) is 0 Å². The van der Waals surface area contributed by atoms with Crippen LogP contribution in [0.1, 0.15) is 30.6 Å². The predicted molar refractivity (Wildman–Crippen MR) is 80.4 cm³/mol. The summed E-state index contributed by atoms with van der Waals surface area (Å²) in [5, 5.41) is 8.38. The van der Waals surface area contributed by atoms with Crippen molar-refractivity contribution < 1.29 is 4.52 Å². The van der Waals surface area contributed by atoms with Gasteiger partial charge in [-0.15, -0.1) is 0 Å². The van der Waals surface area contributed by atoms with Gasteiger partial charge in [0.25, 0.3) is 0 Å². The summed E-state index contributed by atoms with van der Waals surface area (Å²) in [6.45, 7) is 2.11. The molecule has 2 aromatic rings. The highest BCUT2D eigenvalue weighted by Crippen LogP contribution is 2.26. The van der Waals surface area contributed by atoms with Crippen molar-refractivity contribution in [2.24, 2.45) is 0 Å². The fraction of sp³-hybridized carbons (Fsp3) is 0.429. The summed E-state index contributed by atoms with van der Waals surface area (Å²) in [5.41, 5.74) is 0.826. The number of hydrogen-bond acceptors (Lipinski definition) is 4. The van der Waals surface area contributed by atoms with Gasteiger partial charge in [-0.3, -0.25) is 0 Å². The number of benzene rings is 1. The van der Waals surface area contributed by atoms with Gasteiger partial charge in [0.2, 0.25) is 5.89 Å². The second kappa shape index (κ2) is 7.07. The summed E-state index contributed by atoms with van der Waals surface area (Å²) >= 11 is 12.3. The van der Waals surface area contributed by atoms with Crippen LogP contribution < -0.4 is 5.32 Å². The minimum Gasteiger partial charge on any atom is -0.339 e. The first kappa shape index (κ1) is 15.3. The van der Waals surface area contributed by atoms with E-state index >= 15 is 0 Å².